The summed E-state index contributed by atoms with van der Waals surface area (Å²) in [5, 5.41) is 7.75. The van der Waals surface area contributed by atoms with E-state index in [9.17, 15) is 0 Å². The van der Waals surface area contributed by atoms with Crippen LogP contribution in [0.2, 0.25) is 0 Å². The Morgan fingerprint density at radius 1 is 1.12 bits per heavy atom. The number of nitrogens with zero attached hydrogens (tertiary/aromatic N) is 1. The van der Waals surface area contributed by atoms with E-state index in [0.717, 1.165) is 51.3 Å². The minimum absolute atomic E-state index is 0.748. The lowest BCUT2D eigenvalue weighted by atomic mass is 9.95. The van der Waals surface area contributed by atoms with Gasteiger partial charge in [-0.1, -0.05) is 74.9 Å². The van der Waals surface area contributed by atoms with Gasteiger partial charge in [0, 0.05) is 23.2 Å². The van der Waals surface area contributed by atoms with Crippen LogP contribution in [0, 0.1) is 19.3 Å². The molecule has 0 saturated heterocycles. The molecule has 0 radical (unpaired) electrons. The number of nitrogens with one attached hydrogen (secondary N) is 1. The quantitative estimate of drug-likeness (QED) is 0.264. The van der Waals surface area contributed by atoms with E-state index in [1.165, 1.54) is 23.5 Å². The number of nitrogens with two attached hydrogens (primary N) is 1. The van der Waals surface area contributed by atoms with Crippen molar-refractivity contribution in [2.24, 2.45) is 5.73 Å². The second-order valence-corrected chi connectivity index (χ2v) is 8.00. The zero-order valence-electron chi connectivity index (χ0n) is 20.6. The molecule has 1 aromatic carbocycles. The normalized spacial score (nSPS) is 12.3. The first kappa shape index (κ1) is 26.1. The van der Waals surface area contributed by atoms with Gasteiger partial charge in [-0.25, -0.2) is 0 Å². The molecular formula is C31H35N3. The van der Waals surface area contributed by atoms with E-state index in [0.29, 0.717) is 0 Å². The predicted octanol–water partition coefficient (Wildman–Crippen LogP) is 8.11. The Hall–Kier alpha value is -4.11. The van der Waals surface area contributed by atoms with E-state index < -0.39 is 0 Å². The van der Waals surface area contributed by atoms with Crippen LogP contribution in [0.25, 0.3) is 34.7 Å². The Balaban J connectivity index is 2.76. The molecule has 0 saturated carbocycles. The number of benzene rings is 1. The van der Waals surface area contributed by atoms with Gasteiger partial charge in [-0.2, -0.15) is 0 Å². The summed E-state index contributed by atoms with van der Waals surface area (Å²) in [5.74, 6) is 0. The summed E-state index contributed by atoms with van der Waals surface area (Å²) >= 11 is 0. The fourth-order valence-electron chi connectivity index (χ4n) is 3.92. The Bertz CT molecular complexity index is 1240. The first-order valence-corrected chi connectivity index (χ1v) is 11.2. The molecule has 3 nitrogen and oxygen atoms in total. The van der Waals surface area contributed by atoms with Gasteiger partial charge >= 0.3 is 0 Å². The third-order valence-corrected chi connectivity index (χ3v) is 5.76. The van der Waals surface area contributed by atoms with E-state index >= 15 is 0 Å². The third kappa shape index (κ3) is 5.62. The van der Waals surface area contributed by atoms with Crippen molar-refractivity contribution in [2.75, 3.05) is 0 Å². The number of aromatic nitrogens is 1. The SMILES string of the molecule is C=C/C=C(\C=N)c1ccc(-c2c(C)c(C)c(/C=C(\C=C)C/C=C\C=C/N)n2C(=C)C)c(C=C)c1. The number of hydrogen-bond donors (Lipinski definition) is 2. The Kier molecular flexibility index (Phi) is 9.39. The van der Waals surface area contributed by atoms with Crippen molar-refractivity contribution in [3.8, 4) is 11.3 Å². The van der Waals surface area contributed by atoms with E-state index in [1.54, 1.807) is 12.2 Å². The minimum atomic E-state index is 0.748. The van der Waals surface area contributed by atoms with Crippen LogP contribution in [0.4, 0.5) is 0 Å². The average Bonchev–Trinajstić information content (AvgIpc) is 3.08. The zero-order valence-corrected chi connectivity index (χ0v) is 20.6. The summed E-state index contributed by atoms with van der Waals surface area (Å²) in [4.78, 5) is 0. The minimum Gasteiger partial charge on any atom is -0.405 e. The van der Waals surface area contributed by atoms with Crippen LogP contribution in [-0.4, -0.2) is 10.8 Å². The molecule has 0 amide bonds. The van der Waals surface area contributed by atoms with Gasteiger partial charge in [0.05, 0.1) is 5.69 Å². The van der Waals surface area contributed by atoms with E-state index in [2.05, 4.69) is 69.0 Å². The average molecular weight is 450 g/mol. The van der Waals surface area contributed by atoms with Crippen LogP contribution in [0.1, 0.15) is 41.3 Å². The summed E-state index contributed by atoms with van der Waals surface area (Å²) in [6.07, 6.45) is 18.8. The fourth-order valence-corrected chi connectivity index (χ4v) is 3.92. The van der Waals surface area contributed by atoms with E-state index in [4.69, 9.17) is 11.1 Å². The molecule has 34 heavy (non-hydrogen) atoms. The van der Waals surface area contributed by atoms with Crippen molar-refractivity contribution in [1.29, 1.82) is 5.41 Å². The fraction of sp³-hybridized carbons (Fsp3) is 0.129. The molecule has 0 unspecified atom stereocenters. The maximum atomic E-state index is 7.75. The topological polar surface area (TPSA) is 54.8 Å². The molecule has 0 spiro atoms. The maximum absolute atomic E-state index is 7.75. The number of rotatable bonds is 11. The summed E-state index contributed by atoms with van der Waals surface area (Å²) in [7, 11) is 0. The molecule has 0 aliphatic heterocycles. The Morgan fingerprint density at radius 3 is 2.41 bits per heavy atom. The third-order valence-electron chi connectivity index (χ3n) is 5.76. The summed E-state index contributed by atoms with van der Waals surface area (Å²) in [6, 6.07) is 6.19. The van der Waals surface area contributed by atoms with Crippen molar-refractivity contribution in [3.63, 3.8) is 0 Å². The molecular weight excluding hydrogens is 414 g/mol. The molecule has 1 aromatic heterocycles. The van der Waals surface area contributed by atoms with Crippen molar-refractivity contribution >= 4 is 29.6 Å². The monoisotopic (exact) mass is 449 g/mol. The Labute approximate surface area is 204 Å². The van der Waals surface area contributed by atoms with E-state index in [1.807, 2.05) is 37.3 Å². The lowest BCUT2D eigenvalue weighted by molar-refractivity contribution is 1.08. The van der Waals surface area contributed by atoms with Gasteiger partial charge in [0.15, 0.2) is 0 Å². The van der Waals surface area contributed by atoms with Crippen LogP contribution in [0.15, 0.2) is 92.7 Å². The standard InChI is InChI=1S/C31H35N3/c1-8-14-28(21-33)27-16-17-29(26(10-3)20-27)31-24(7)23(6)30(34(31)22(4)5)19-25(9-2)15-12-11-13-18-32/h8-14,16-21,33H,1-4,15,32H2,5-7H3/b12-11-,18-13-,25-19+,28-14+,33-21?. The lowest BCUT2D eigenvalue weighted by Gasteiger charge is -2.16. The van der Waals surface area contributed by atoms with Crippen LogP contribution in [0.3, 0.4) is 0 Å². The summed E-state index contributed by atoms with van der Waals surface area (Å²) < 4.78 is 2.21. The van der Waals surface area contributed by atoms with Crippen LogP contribution < -0.4 is 5.73 Å². The molecule has 0 fully saturated rings. The smallest absolute Gasteiger partial charge is 0.0569 e. The highest BCUT2D eigenvalue weighted by Crippen LogP contribution is 2.37. The second-order valence-electron chi connectivity index (χ2n) is 8.00. The molecule has 2 aromatic rings. The van der Waals surface area contributed by atoms with E-state index in [-0.39, 0.29) is 0 Å². The molecule has 0 aliphatic carbocycles. The van der Waals surface area contributed by atoms with Gasteiger partial charge in [0.25, 0.3) is 0 Å². The summed E-state index contributed by atoms with van der Waals surface area (Å²) in [5.41, 5.74) is 15.8. The maximum Gasteiger partial charge on any atom is 0.0569 e. The molecule has 174 valence electrons. The molecule has 0 aliphatic rings. The van der Waals surface area contributed by atoms with Crippen molar-refractivity contribution in [1.82, 2.24) is 4.57 Å². The van der Waals surface area contributed by atoms with Gasteiger partial charge in [-0.05, 0) is 85.0 Å². The van der Waals surface area contributed by atoms with Gasteiger partial charge in [0.2, 0.25) is 0 Å². The van der Waals surface area contributed by atoms with Gasteiger partial charge < -0.3 is 15.7 Å². The highest BCUT2D eigenvalue weighted by molar-refractivity contribution is 6.09. The molecule has 3 heteroatoms. The largest absolute Gasteiger partial charge is 0.405 e. The molecule has 0 bridgehead atoms. The van der Waals surface area contributed by atoms with Gasteiger partial charge in [-0.15, -0.1) is 0 Å². The van der Waals surface area contributed by atoms with Crippen LogP contribution in [0.5, 0.6) is 0 Å². The number of hydrogen-bond acceptors (Lipinski definition) is 2. The van der Waals surface area contributed by atoms with Crippen molar-refractivity contribution in [3.05, 3.63) is 121 Å². The molecule has 1 heterocycles. The number of allylic oxidation sites excluding steroid dienone is 9. The molecule has 3 N–H and O–H groups in total. The van der Waals surface area contributed by atoms with Gasteiger partial charge in [0.1, 0.15) is 0 Å². The first-order valence-electron chi connectivity index (χ1n) is 11.2. The Morgan fingerprint density at radius 2 is 1.85 bits per heavy atom. The van der Waals surface area contributed by atoms with Crippen molar-refractivity contribution < 1.29 is 0 Å². The van der Waals surface area contributed by atoms with Crippen LogP contribution >= 0.6 is 0 Å². The highest BCUT2D eigenvalue weighted by Gasteiger charge is 2.20. The zero-order chi connectivity index (χ0) is 25.3. The van der Waals surface area contributed by atoms with Crippen LogP contribution in [-0.2, 0) is 0 Å². The molecule has 0 atom stereocenters. The first-order chi connectivity index (χ1) is 16.3. The van der Waals surface area contributed by atoms with Crippen molar-refractivity contribution in [2.45, 2.75) is 27.2 Å². The lowest BCUT2D eigenvalue weighted by Crippen LogP contribution is -2.01. The van der Waals surface area contributed by atoms with Gasteiger partial charge in [-0.3, -0.25) is 0 Å². The second kappa shape index (κ2) is 12.2. The summed E-state index contributed by atoms with van der Waals surface area (Å²) in [6.45, 7) is 22.4. The molecule has 2 rings (SSSR count). The highest BCUT2D eigenvalue weighted by atomic mass is 15.0. The predicted molar refractivity (Wildman–Crippen MR) is 153 cm³/mol.